The molecular weight excluding hydrogens is 498 g/mol. The van der Waals surface area contributed by atoms with Crippen LogP contribution in [0.1, 0.15) is 57.7 Å². The summed E-state index contributed by atoms with van der Waals surface area (Å²) in [6.45, 7) is 11.2. The highest BCUT2D eigenvalue weighted by molar-refractivity contribution is 5.90. The minimum atomic E-state index is -0.706. The number of ether oxygens (including phenoxy) is 1. The molecule has 6 nitrogen and oxygen atoms in total. The van der Waals surface area contributed by atoms with Gasteiger partial charge in [0.15, 0.2) is 0 Å². The van der Waals surface area contributed by atoms with Crippen molar-refractivity contribution in [1.82, 2.24) is 15.5 Å². The summed E-state index contributed by atoms with van der Waals surface area (Å²) in [6.07, 6.45) is 1.07. The third kappa shape index (κ3) is 10.5. The Kier molecular flexibility index (Phi) is 11.3. The maximum Gasteiger partial charge on any atom is 0.243 e. The van der Waals surface area contributed by atoms with Crippen molar-refractivity contribution in [2.24, 2.45) is 5.92 Å². The molecule has 0 unspecified atom stereocenters. The predicted octanol–water partition coefficient (Wildman–Crippen LogP) is 5.75. The van der Waals surface area contributed by atoms with E-state index in [1.807, 2.05) is 101 Å². The molecule has 0 saturated carbocycles. The monoisotopic (exact) mass is 543 g/mol. The van der Waals surface area contributed by atoms with E-state index >= 15 is 0 Å². The molecule has 6 heteroatoms. The van der Waals surface area contributed by atoms with Gasteiger partial charge in [-0.15, -0.1) is 0 Å². The number of nitrogens with one attached hydrogen (secondary N) is 2. The Morgan fingerprint density at radius 1 is 0.800 bits per heavy atom. The molecule has 3 aromatic rings. The van der Waals surface area contributed by atoms with E-state index in [0.29, 0.717) is 31.9 Å². The van der Waals surface area contributed by atoms with Gasteiger partial charge >= 0.3 is 0 Å². The van der Waals surface area contributed by atoms with E-state index in [4.69, 9.17) is 4.74 Å². The molecule has 0 aliphatic heterocycles. The summed E-state index contributed by atoms with van der Waals surface area (Å²) in [4.78, 5) is 29.1. The van der Waals surface area contributed by atoms with Crippen LogP contribution in [0.15, 0.2) is 84.9 Å². The van der Waals surface area contributed by atoms with Crippen molar-refractivity contribution in [3.8, 4) is 5.75 Å². The fourth-order valence-corrected chi connectivity index (χ4v) is 4.55. The summed E-state index contributed by atoms with van der Waals surface area (Å²) < 4.78 is 5.92. The molecule has 40 heavy (non-hydrogen) atoms. The first-order valence-corrected chi connectivity index (χ1v) is 14.1. The number of rotatable bonds is 13. The molecule has 0 bridgehead atoms. The quantitative estimate of drug-likeness (QED) is 0.288. The minimum Gasteiger partial charge on any atom is -0.489 e. The van der Waals surface area contributed by atoms with Crippen molar-refractivity contribution < 1.29 is 14.3 Å². The number of carbonyl (C=O) groups is 2. The standard InChI is InChI=1S/C34H45N3O3/c1-25(2)21-31(37(6)23-27-13-9-7-10-14-27)33(39)35-30(32(38)36-34(3,4)5)22-26-17-19-29(20-18-26)40-24-28-15-11-8-12-16-28/h7-20,25,30-31H,21-24H2,1-6H3,(H,35,39)(H,36,38)/t30-,31+/m0/s1. The Morgan fingerprint density at radius 3 is 1.93 bits per heavy atom. The lowest BCUT2D eigenvalue weighted by molar-refractivity contribution is -0.132. The number of nitrogens with zero attached hydrogens (tertiary/aromatic N) is 1. The highest BCUT2D eigenvalue weighted by Crippen LogP contribution is 2.18. The van der Waals surface area contributed by atoms with Crippen molar-refractivity contribution in [2.75, 3.05) is 7.05 Å². The van der Waals surface area contributed by atoms with E-state index in [1.165, 1.54) is 0 Å². The fraction of sp³-hybridized carbons (Fsp3) is 0.412. The Bertz CT molecular complexity index is 1190. The normalized spacial score (nSPS) is 13.1. The second kappa shape index (κ2) is 14.7. The molecule has 214 valence electrons. The van der Waals surface area contributed by atoms with Gasteiger partial charge in [0.1, 0.15) is 18.4 Å². The van der Waals surface area contributed by atoms with Gasteiger partial charge in [-0.05, 0) is 69.0 Å². The molecular formula is C34H45N3O3. The van der Waals surface area contributed by atoms with Crippen molar-refractivity contribution in [3.63, 3.8) is 0 Å². The third-order valence-electron chi connectivity index (χ3n) is 6.55. The first-order chi connectivity index (χ1) is 19.0. The molecule has 3 aromatic carbocycles. The Balaban J connectivity index is 1.73. The van der Waals surface area contributed by atoms with E-state index in [-0.39, 0.29) is 17.9 Å². The lowest BCUT2D eigenvalue weighted by Crippen LogP contribution is -2.56. The molecule has 0 spiro atoms. The average Bonchev–Trinajstić information content (AvgIpc) is 2.91. The number of amides is 2. The molecule has 0 aliphatic carbocycles. The largest absolute Gasteiger partial charge is 0.489 e. The lowest BCUT2D eigenvalue weighted by atomic mass is 9.99. The van der Waals surface area contributed by atoms with E-state index < -0.39 is 11.6 Å². The number of hydrogen-bond donors (Lipinski definition) is 2. The summed E-state index contributed by atoms with van der Waals surface area (Å²) in [7, 11) is 1.97. The van der Waals surface area contributed by atoms with Gasteiger partial charge in [-0.3, -0.25) is 14.5 Å². The van der Waals surface area contributed by atoms with E-state index in [9.17, 15) is 9.59 Å². The van der Waals surface area contributed by atoms with E-state index in [1.54, 1.807) is 0 Å². The number of hydrogen-bond acceptors (Lipinski definition) is 4. The van der Waals surface area contributed by atoms with Crippen LogP contribution in [-0.2, 0) is 29.2 Å². The summed E-state index contributed by atoms with van der Waals surface area (Å²) in [6, 6.07) is 26.8. The van der Waals surface area contributed by atoms with Gasteiger partial charge in [-0.25, -0.2) is 0 Å². The third-order valence-corrected chi connectivity index (χ3v) is 6.55. The van der Waals surface area contributed by atoms with Gasteiger partial charge in [0.2, 0.25) is 11.8 Å². The van der Waals surface area contributed by atoms with Crippen LogP contribution >= 0.6 is 0 Å². The highest BCUT2D eigenvalue weighted by atomic mass is 16.5. The van der Waals surface area contributed by atoms with E-state index in [0.717, 1.165) is 22.4 Å². The minimum absolute atomic E-state index is 0.135. The van der Waals surface area contributed by atoms with Crippen LogP contribution in [0.3, 0.4) is 0 Å². The zero-order chi connectivity index (χ0) is 29.1. The van der Waals surface area contributed by atoms with Crippen LogP contribution in [0.5, 0.6) is 5.75 Å². The maximum absolute atomic E-state index is 13.7. The van der Waals surface area contributed by atoms with Gasteiger partial charge in [0.25, 0.3) is 0 Å². The van der Waals surface area contributed by atoms with Gasteiger partial charge in [0.05, 0.1) is 6.04 Å². The molecule has 0 aliphatic rings. The zero-order valence-corrected chi connectivity index (χ0v) is 24.8. The maximum atomic E-state index is 13.7. The van der Waals surface area contributed by atoms with Crippen LogP contribution < -0.4 is 15.4 Å². The molecule has 0 heterocycles. The van der Waals surface area contributed by atoms with E-state index in [2.05, 4.69) is 41.5 Å². The van der Waals surface area contributed by atoms with Crippen LogP contribution in [-0.4, -0.2) is 41.4 Å². The van der Waals surface area contributed by atoms with Crippen molar-refractivity contribution in [3.05, 3.63) is 102 Å². The van der Waals surface area contributed by atoms with Crippen LogP contribution in [0, 0.1) is 5.92 Å². The van der Waals surface area contributed by atoms with Gasteiger partial charge in [-0.2, -0.15) is 0 Å². The van der Waals surface area contributed by atoms with Crippen molar-refractivity contribution in [2.45, 2.75) is 78.2 Å². The smallest absolute Gasteiger partial charge is 0.243 e. The van der Waals surface area contributed by atoms with Crippen LogP contribution in [0.25, 0.3) is 0 Å². The average molecular weight is 544 g/mol. The topological polar surface area (TPSA) is 70.7 Å². The summed E-state index contributed by atoms with van der Waals surface area (Å²) in [5.74, 6) is 0.745. The van der Waals surface area contributed by atoms with Crippen molar-refractivity contribution >= 4 is 11.8 Å². The summed E-state index contributed by atoms with van der Waals surface area (Å²) >= 11 is 0. The van der Waals surface area contributed by atoms with Crippen LogP contribution in [0.4, 0.5) is 0 Å². The predicted molar refractivity (Wildman–Crippen MR) is 162 cm³/mol. The number of likely N-dealkylation sites (N-methyl/N-ethyl adjacent to an activating group) is 1. The van der Waals surface area contributed by atoms with Gasteiger partial charge in [-0.1, -0.05) is 86.6 Å². The van der Waals surface area contributed by atoms with Crippen molar-refractivity contribution in [1.29, 1.82) is 0 Å². The molecule has 0 fully saturated rings. The Hall–Kier alpha value is -3.64. The molecule has 2 N–H and O–H groups in total. The Labute approximate surface area is 240 Å². The molecule has 2 amide bonds. The first-order valence-electron chi connectivity index (χ1n) is 14.1. The molecule has 3 rings (SSSR count). The number of benzene rings is 3. The van der Waals surface area contributed by atoms with Gasteiger partial charge < -0.3 is 15.4 Å². The second-order valence-corrected chi connectivity index (χ2v) is 12.0. The molecule has 0 aromatic heterocycles. The zero-order valence-electron chi connectivity index (χ0n) is 24.8. The first kappa shape index (κ1) is 30.9. The highest BCUT2D eigenvalue weighted by Gasteiger charge is 2.30. The van der Waals surface area contributed by atoms with Gasteiger partial charge in [0, 0.05) is 18.5 Å². The SMILES string of the molecule is CC(C)C[C@H](C(=O)N[C@@H](Cc1ccc(OCc2ccccc2)cc1)C(=O)NC(C)(C)C)N(C)Cc1ccccc1. The summed E-state index contributed by atoms with van der Waals surface area (Å²) in [5, 5.41) is 6.15. The molecule has 2 atom stereocenters. The lowest BCUT2D eigenvalue weighted by Gasteiger charge is -2.31. The Morgan fingerprint density at radius 2 is 1.38 bits per heavy atom. The molecule has 0 radical (unpaired) electrons. The second-order valence-electron chi connectivity index (χ2n) is 12.0. The molecule has 0 saturated heterocycles. The number of carbonyl (C=O) groups excluding carboxylic acids is 2. The van der Waals surface area contributed by atoms with Crippen LogP contribution in [0.2, 0.25) is 0 Å². The fourth-order valence-electron chi connectivity index (χ4n) is 4.55. The summed E-state index contributed by atoms with van der Waals surface area (Å²) in [5.41, 5.74) is 2.76.